The molecule has 0 aliphatic carbocycles. The molecule has 6 heteroatoms. The Morgan fingerprint density at radius 2 is 1.94 bits per heavy atom. The summed E-state index contributed by atoms with van der Waals surface area (Å²) in [5.74, 6) is 1.52. The first-order chi connectivity index (χ1) is 14.9. The number of carbonyl (C=O) groups is 1. The number of carbonyl (C=O) groups excluding carboxylic acids is 1. The van der Waals surface area contributed by atoms with E-state index in [9.17, 15) is 9.90 Å². The SMILES string of the molecule is C=C(CCc1ncc(-c2ccc(C)cc2)o1)NC(=O)[C@H]1C[C@@H](O)c2cc(C)ccc2O1. The van der Waals surface area contributed by atoms with Gasteiger partial charge < -0.3 is 19.6 Å². The number of hydrogen-bond donors (Lipinski definition) is 2. The van der Waals surface area contributed by atoms with Gasteiger partial charge in [0.1, 0.15) is 5.75 Å². The van der Waals surface area contributed by atoms with Crippen molar-refractivity contribution in [3.63, 3.8) is 0 Å². The average Bonchev–Trinajstić information content (AvgIpc) is 3.22. The van der Waals surface area contributed by atoms with Gasteiger partial charge in [0, 0.05) is 29.7 Å². The Labute approximate surface area is 181 Å². The minimum atomic E-state index is -0.767. The summed E-state index contributed by atoms with van der Waals surface area (Å²) in [7, 11) is 0. The molecule has 0 unspecified atom stereocenters. The van der Waals surface area contributed by atoms with Crippen molar-refractivity contribution in [2.75, 3.05) is 0 Å². The van der Waals surface area contributed by atoms with E-state index in [0.29, 0.717) is 35.9 Å². The average molecular weight is 418 g/mol. The summed E-state index contributed by atoms with van der Waals surface area (Å²) >= 11 is 0. The lowest BCUT2D eigenvalue weighted by Crippen LogP contribution is -2.41. The first kappa shape index (κ1) is 20.9. The second-order valence-electron chi connectivity index (χ2n) is 7.98. The quantitative estimate of drug-likeness (QED) is 0.620. The first-order valence-electron chi connectivity index (χ1n) is 10.3. The smallest absolute Gasteiger partial charge is 0.265 e. The maximum Gasteiger partial charge on any atom is 0.265 e. The summed E-state index contributed by atoms with van der Waals surface area (Å²) in [6, 6.07) is 13.6. The number of amides is 1. The second kappa shape index (κ2) is 8.78. The number of aryl methyl sites for hydroxylation is 3. The van der Waals surface area contributed by atoms with Crippen molar-refractivity contribution in [2.45, 2.75) is 45.3 Å². The lowest BCUT2D eigenvalue weighted by Gasteiger charge is -2.29. The molecule has 0 bridgehead atoms. The first-order valence-corrected chi connectivity index (χ1v) is 10.3. The number of aliphatic hydroxyl groups is 1. The highest BCUT2D eigenvalue weighted by atomic mass is 16.5. The molecule has 4 rings (SSSR count). The molecule has 1 amide bonds. The van der Waals surface area contributed by atoms with Gasteiger partial charge in [-0.15, -0.1) is 0 Å². The lowest BCUT2D eigenvalue weighted by molar-refractivity contribution is -0.129. The van der Waals surface area contributed by atoms with Crippen LogP contribution in [0, 0.1) is 13.8 Å². The molecule has 31 heavy (non-hydrogen) atoms. The van der Waals surface area contributed by atoms with Gasteiger partial charge in [0.25, 0.3) is 5.91 Å². The van der Waals surface area contributed by atoms with Crippen molar-refractivity contribution >= 4 is 5.91 Å². The molecule has 6 nitrogen and oxygen atoms in total. The van der Waals surface area contributed by atoms with Crippen molar-refractivity contribution in [2.24, 2.45) is 0 Å². The van der Waals surface area contributed by atoms with Crippen LogP contribution in [0.25, 0.3) is 11.3 Å². The highest BCUT2D eigenvalue weighted by Gasteiger charge is 2.32. The van der Waals surface area contributed by atoms with E-state index in [1.54, 1.807) is 12.3 Å². The Balaban J connectivity index is 1.31. The molecule has 0 spiro atoms. The van der Waals surface area contributed by atoms with Gasteiger partial charge in [-0.3, -0.25) is 4.79 Å². The summed E-state index contributed by atoms with van der Waals surface area (Å²) in [5, 5.41) is 13.2. The van der Waals surface area contributed by atoms with Crippen LogP contribution in [0.1, 0.15) is 41.5 Å². The van der Waals surface area contributed by atoms with Crippen LogP contribution in [0.3, 0.4) is 0 Å². The maximum absolute atomic E-state index is 12.6. The highest BCUT2D eigenvalue weighted by Crippen LogP contribution is 2.35. The van der Waals surface area contributed by atoms with Crippen molar-refractivity contribution < 1.29 is 19.1 Å². The Morgan fingerprint density at radius 1 is 1.19 bits per heavy atom. The monoisotopic (exact) mass is 418 g/mol. The van der Waals surface area contributed by atoms with Crippen LogP contribution in [0.4, 0.5) is 0 Å². The van der Waals surface area contributed by atoms with E-state index in [-0.39, 0.29) is 12.3 Å². The predicted octanol–water partition coefficient (Wildman–Crippen LogP) is 4.41. The van der Waals surface area contributed by atoms with Crippen molar-refractivity contribution in [3.05, 3.63) is 83.5 Å². The van der Waals surface area contributed by atoms with Crippen LogP contribution in [0.15, 0.2) is 65.4 Å². The van der Waals surface area contributed by atoms with Gasteiger partial charge in [-0.1, -0.05) is 48.0 Å². The molecular weight excluding hydrogens is 392 g/mol. The molecule has 0 fully saturated rings. The molecule has 2 atom stereocenters. The molecule has 0 saturated carbocycles. The molecule has 2 N–H and O–H groups in total. The lowest BCUT2D eigenvalue weighted by atomic mass is 9.97. The summed E-state index contributed by atoms with van der Waals surface area (Å²) in [5.41, 5.74) is 4.46. The summed E-state index contributed by atoms with van der Waals surface area (Å²) in [6.07, 6.45) is 1.41. The molecule has 1 aliphatic rings. The molecule has 1 aromatic heterocycles. The van der Waals surface area contributed by atoms with Gasteiger partial charge in [0.15, 0.2) is 17.8 Å². The fourth-order valence-corrected chi connectivity index (χ4v) is 3.58. The predicted molar refractivity (Wildman–Crippen MR) is 117 cm³/mol. The van der Waals surface area contributed by atoms with E-state index in [0.717, 1.165) is 16.7 Å². The fourth-order valence-electron chi connectivity index (χ4n) is 3.58. The number of allylic oxidation sites excluding steroid dienone is 1. The normalized spacial score (nSPS) is 17.5. The van der Waals surface area contributed by atoms with Crippen molar-refractivity contribution in [1.82, 2.24) is 10.3 Å². The molecule has 160 valence electrons. The zero-order valence-corrected chi connectivity index (χ0v) is 17.7. The number of nitrogens with one attached hydrogen (secondary N) is 1. The number of ether oxygens (including phenoxy) is 1. The summed E-state index contributed by atoms with van der Waals surface area (Å²) in [4.78, 5) is 16.9. The molecule has 3 aromatic rings. The number of aromatic nitrogens is 1. The van der Waals surface area contributed by atoms with Crippen LogP contribution in [0.2, 0.25) is 0 Å². The van der Waals surface area contributed by atoms with E-state index in [1.165, 1.54) is 5.56 Å². The largest absolute Gasteiger partial charge is 0.480 e. The van der Waals surface area contributed by atoms with Crippen LogP contribution in [0.5, 0.6) is 5.75 Å². The van der Waals surface area contributed by atoms with Crippen LogP contribution in [-0.2, 0) is 11.2 Å². The van der Waals surface area contributed by atoms with E-state index >= 15 is 0 Å². The van der Waals surface area contributed by atoms with E-state index in [1.807, 2.05) is 50.2 Å². The number of hydrogen-bond acceptors (Lipinski definition) is 5. The molecule has 2 aromatic carbocycles. The number of rotatable bonds is 6. The Kier molecular flexibility index (Phi) is 5.91. The zero-order valence-electron chi connectivity index (χ0n) is 17.7. The summed E-state index contributed by atoms with van der Waals surface area (Å²) in [6.45, 7) is 7.92. The third-order valence-electron chi connectivity index (χ3n) is 5.35. The zero-order chi connectivity index (χ0) is 22.0. The van der Waals surface area contributed by atoms with Gasteiger partial charge in [0.05, 0.1) is 12.3 Å². The van der Waals surface area contributed by atoms with Crippen LogP contribution < -0.4 is 10.1 Å². The third kappa shape index (κ3) is 4.86. The van der Waals surface area contributed by atoms with Crippen molar-refractivity contribution in [1.29, 1.82) is 0 Å². The van der Waals surface area contributed by atoms with E-state index in [4.69, 9.17) is 9.15 Å². The molecular formula is C25H26N2O4. The highest BCUT2D eigenvalue weighted by molar-refractivity contribution is 5.83. The van der Waals surface area contributed by atoms with Crippen molar-refractivity contribution in [3.8, 4) is 17.1 Å². The number of fused-ring (bicyclic) bond motifs is 1. The summed E-state index contributed by atoms with van der Waals surface area (Å²) < 4.78 is 11.6. The third-order valence-corrected chi connectivity index (χ3v) is 5.35. The number of oxazole rings is 1. The molecule has 0 saturated heterocycles. The molecule has 0 radical (unpaired) electrons. The van der Waals surface area contributed by atoms with Gasteiger partial charge in [-0.05, 0) is 32.4 Å². The number of benzene rings is 2. The Bertz CT molecular complexity index is 1100. The van der Waals surface area contributed by atoms with Gasteiger partial charge >= 0.3 is 0 Å². The molecule has 2 heterocycles. The number of nitrogens with zero attached hydrogens (tertiary/aromatic N) is 1. The van der Waals surface area contributed by atoms with E-state index in [2.05, 4.69) is 16.9 Å². The van der Waals surface area contributed by atoms with Crippen LogP contribution >= 0.6 is 0 Å². The fraction of sp³-hybridized carbons (Fsp3) is 0.280. The minimum absolute atomic E-state index is 0.204. The number of aliphatic hydroxyl groups excluding tert-OH is 1. The van der Waals surface area contributed by atoms with E-state index < -0.39 is 12.2 Å². The minimum Gasteiger partial charge on any atom is -0.480 e. The standard InChI is InChI=1S/C25H26N2O4/c1-15-4-8-18(9-5-15)23-14-26-24(31-23)11-7-17(3)27-25(29)22-13-20(28)19-12-16(2)6-10-21(19)30-22/h4-6,8-10,12,14,20,22,28H,3,7,11,13H2,1-2H3,(H,27,29)/t20-,22-/m1/s1. The van der Waals surface area contributed by atoms with Gasteiger partial charge in [-0.25, -0.2) is 4.98 Å². The Hall–Kier alpha value is -3.38. The topological polar surface area (TPSA) is 84.6 Å². The second-order valence-corrected chi connectivity index (χ2v) is 7.98. The Morgan fingerprint density at radius 3 is 2.71 bits per heavy atom. The molecule has 1 aliphatic heterocycles. The van der Waals surface area contributed by atoms with Crippen LogP contribution in [-0.4, -0.2) is 22.1 Å². The van der Waals surface area contributed by atoms with Gasteiger partial charge in [-0.2, -0.15) is 0 Å². The van der Waals surface area contributed by atoms with Gasteiger partial charge in [0.2, 0.25) is 0 Å². The maximum atomic E-state index is 12.6.